The lowest BCUT2D eigenvalue weighted by Gasteiger charge is -2.13. The third-order valence-corrected chi connectivity index (χ3v) is 2.36. The molecule has 1 unspecified atom stereocenters. The third-order valence-electron chi connectivity index (χ3n) is 2.36. The fourth-order valence-electron chi connectivity index (χ4n) is 1.47. The van der Waals surface area contributed by atoms with Gasteiger partial charge in [-0.1, -0.05) is 23.7 Å². The number of carbonyl (C=O) groups is 1. The van der Waals surface area contributed by atoms with E-state index in [2.05, 4.69) is 20.6 Å². The van der Waals surface area contributed by atoms with Crippen LogP contribution in [0.15, 0.2) is 9.68 Å². The number of rotatable bonds is 6. The average molecular weight is 255 g/mol. The van der Waals surface area contributed by atoms with E-state index in [4.69, 9.17) is 15.5 Å². The predicted molar refractivity (Wildman–Crippen MR) is 62.7 cm³/mol. The molecule has 0 spiro atoms. The van der Waals surface area contributed by atoms with Crippen molar-refractivity contribution >= 4 is 11.7 Å². The lowest BCUT2D eigenvalue weighted by atomic mass is 10.0. The standard InChI is InChI=1S/C10H17N5O3/c1-3-4-7(9(11)14-17)10(16)12-5-8-13-6(2)18-15-8/h7,17H,3-5H2,1-2H3,(H2,11,14)(H,12,16). The Kier molecular flexibility index (Phi) is 5.09. The van der Waals surface area contributed by atoms with Crippen LogP contribution in [0.1, 0.15) is 31.5 Å². The maximum atomic E-state index is 11.8. The Morgan fingerprint density at radius 2 is 2.39 bits per heavy atom. The van der Waals surface area contributed by atoms with Gasteiger partial charge in [0.2, 0.25) is 11.8 Å². The van der Waals surface area contributed by atoms with Gasteiger partial charge in [-0.2, -0.15) is 4.98 Å². The van der Waals surface area contributed by atoms with Crippen molar-refractivity contribution in [2.24, 2.45) is 16.8 Å². The molecular formula is C10H17N5O3. The van der Waals surface area contributed by atoms with E-state index in [0.29, 0.717) is 18.1 Å². The Morgan fingerprint density at radius 1 is 1.67 bits per heavy atom. The van der Waals surface area contributed by atoms with Crippen molar-refractivity contribution in [3.63, 3.8) is 0 Å². The van der Waals surface area contributed by atoms with Crippen LogP contribution in [0.4, 0.5) is 0 Å². The van der Waals surface area contributed by atoms with E-state index in [9.17, 15) is 4.79 Å². The topological polar surface area (TPSA) is 127 Å². The molecule has 8 heteroatoms. The van der Waals surface area contributed by atoms with E-state index in [-0.39, 0.29) is 18.3 Å². The molecule has 1 heterocycles. The van der Waals surface area contributed by atoms with Gasteiger partial charge < -0.3 is 20.8 Å². The number of amides is 1. The molecule has 4 N–H and O–H groups in total. The first kappa shape index (κ1) is 13.9. The van der Waals surface area contributed by atoms with Crippen LogP contribution in [0.2, 0.25) is 0 Å². The normalized spacial score (nSPS) is 13.3. The first-order valence-corrected chi connectivity index (χ1v) is 5.62. The van der Waals surface area contributed by atoms with Crippen molar-refractivity contribution in [1.29, 1.82) is 0 Å². The summed E-state index contributed by atoms with van der Waals surface area (Å²) in [6, 6.07) is 0. The van der Waals surface area contributed by atoms with Crippen molar-refractivity contribution in [2.45, 2.75) is 33.2 Å². The van der Waals surface area contributed by atoms with E-state index in [1.807, 2.05) is 6.92 Å². The summed E-state index contributed by atoms with van der Waals surface area (Å²) in [6.07, 6.45) is 1.25. The van der Waals surface area contributed by atoms with Crippen LogP contribution in [0.3, 0.4) is 0 Å². The number of carbonyl (C=O) groups excluding carboxylic acids is 1. The summed E-state index contributed by atoms with van der Waals surface area (Å²) in [5.41, 5.74) is 5.47. The molecule has 0 aromatic carbocycles. The van der Waals surface area contributed by atoms with Crippen LogP contribution in [0.25, 0.3) is 0 Å². The number of oxime groups is 1. The Bertz CT molecular complexity index is 429. The highest BCUT2D eigenvalue weighted by molar-refractivity contribution is 6.01. The number of aromatic nitrogens is 2. The molecule has 1 atom stereocenters. The van der Waals surface area contributed by atoms with Crippen molar-refractivity contribution in [3.8, 4) is 0 Å². The molecule has 18 heavy (non-hydrogen) atoms. The molecule has 8 nitrogen and oxygen atoms in total. The Hall–Kier alpha value is -2.12. The van der Waals surface area contributed by atoms with Gasteiger partial charge in [0.25, 0.3) is 0 Å². The molecule has 0 aliphatic carbocycles. The number of nitrogens with one attached hydrogen (secondary N) is 1. The zero-order chi connectivity index (χ0) is 13.5. The number of hydrogen-bond acceptors (Lipinski definition) is 6. The molecule has 0 aliphatic rings. The molecule has 0 bridgehead atoms. The molecule has 0 fully saturated rings. The summed E-state index contributed by atoms with van der Waals surface area (Å²) < 4.78 is 4.77. The minimum Gasteiger partial charge on any atom is -0.409 e. The quantitative estimate of drug-likeness (QED) is 0.287. The van der Waals surface area contributed by atoms with Crippen LogP contribution in [-0.4, -0.2) is 27.1 Å². The first-order valence-electron chi connectivity index (χ1n) is 5.62. The second-order valence-electron chi connectivity index (χ2n) is 3.81. The van der Waals surface area contributed by atoms with Crippen LogP contribution in [-0.2, 0) is 11.3 Å². The van der Waals surface area contributed by atoms with E-state index in [0.717, 1.165) is 6.42 Å². The Labute approximate surface area is 104 Å². The summed E-state index contributed by atoms with van der Waals surface area (Å²) in [4.78, 5) is 15.8. The van der Waals surface area contributed by atoms with Gasteiger partial charge in [-0.05, 0) is 6.42 Å². The van der Waals surface area contributed by atoms with Crippen molar-refractivity contribution in [3.05, 3.63) is 11.7 Å². The summed E-state index contributed by atoms with van der Waals surface area (Å²) in [6.45, 7) is 3.72. The smallest absolute Gasteiger partial charge is 0.231 e. The third kappa shape index (κ3) is 3.72. The summed E-state index contributed by atoms with van der Waals surface area (Å²) in [7, 11) is 0. The van der Waals surface area contributed by atoms with Gasteiger partial charge in [-0.3, -0.25) is 4.79 Å². The number of amidine groups is 1. The Balaban J connectivity index is 2.56. The van der Waals surface area contributed by atoms with Crippen LogP contribution in [0, 0.1) is 12.8 Å². The minimum absolute atomic E-state index is 0.0985. The number of nitrogens with zero attached hydrogens (tertiary/aromatic N) is 3. The molecule has 1 aromatic heterocycles. The first-order chi connectivity index (χ1) is 8.58. The van der Waals surface area contributed by atoms with Crippen molar-refractivity contribution in [1.82, 2.24) is 15.5 Å². The van der Waals surface area contributed by atoms with E-state index >= 15 is 0 Å². The molecule has 0 saturated carbocycles. The summed E-state index contributed by atoms with van der Waals surface area (Å²) in [5, 5.41) is 17.7. The SMILES string of the molecule is CCCC(C(=O)NCc1noc(C)n1)C(N)=NO. The fraction of sp³-hybridized carbons (Fsp3) is 0.600. The zero-order valence-corrected chi connectivity index (χ0v) is 10.4. The highest BCUT2D eigenvalue weighted by Crippen LogP contribution is 2.07. The molecule has 1 aromatic rings. The van der Waals surface area contributed by atoms with Crippen molar-refractivity contribution < 1.29 is 14.5 Å². The van der Waals surface area contributed by atoms with Gasteiger partial charge in [-0.15, -0.1) is 0 Å². The second kappa shape index (κ2) is 6.58. The van der Waals surface area contributed by atoms with Gasteiger partial charge in [0.15, 0.2) is 11.7 Å². The largest absolute Gasteiger partial charge is 0.409 e. The van der Waals surface area contributed by atoms with Crippen molar-refractivity contribution in [2.75, 3.05) is 0 Å². The maximum Gasteiger partial charge on any atom is 0.231 e. The van der Waals surface area contributed by atoms with Crippen LogP contribution in [0.5, 0.6) is 0 Å². The molecule has 1 amide bonds. The van der Waals surface area contributed by atoms with Gasteiger partial charge in [0.1, 0.15) is 0 Å². The summed E-state index contributed by atoms with van der Waals surface area (Å²) >= 11 is 0. The second-order valence-corrected chi connectivity index (χ2v) is 3.81. The highest BCUT2D eigenvalue weighted by atomic mass is 16.5. The average Bonchev–Trinajstić information content (AvgIpc) is 2.78. The van der Waals surface area contributed by atoms with Gasteiger partial charge in [0, 0.05) is 6.92 Å². The predicted octanol–water partition coefficient (Wildman–Crippen LogP) is 0.157. The highest BCUT2D eigenvalue weighted by Gasteiger charge is 2.22. The van der Waals surface area contributed by atoms with E-state index in [1.165, 1.54) is 0 Å². The zero-order valence-electron chi connectivity index (χ0n) is 10.4. The van der Waals surface area contributed by atoms with Gasteiger partial charge in [0.05, 0.1) is 12.5 Å². The number of hydrogen-bond donors (Lipinski definition) is 3. The molecule has 100 valence electrons. The number of nitrogens with two attached hydrogens (primary N) is 1. The molecule has 1 rings (SSSR count). The number of aryl methyl sites for hydroxylation is 1. The minimum atomic E-state index is -0.645. The van der Waals surface area contributed by atoms with E-state index in [1.54, 1.807) is 6.92 Å². The fourth-order valence-corrected chi connectivity index (χ4v) is 1.47. The lowest BCUT2D eigenvalue weighted by Crippen LogP contribution is -2.38. The monoisotopic (exact) mass is 255 g/mol. The Morgan fingerprint density at radius 3 is 2.89 bits per heavy atom. The lowest BCUT2D eigenvalue weighted by molar-refractivity contribution is -0.123. The van der Waals surface area contributed by atoms with Gasteiger partial charge >= 0.3 is 0 Å². The van der Waals surface area contributed by atoms with Gasteiger partial charge in [-0.25, -0.2) is 0 Å². The molecule has 0 saturated heterocycles. The molecular weight excluding hydrogens is 238 g/mol. The van der Waals surface area contributed by atoms with Crippen LogP contribution < -0.4 is 11.1 Å². The molecule has 0 aliphatic heterocycles. The maximum absolute atomic E-state index is 11.8. The summed E-state index contributed by atoms with van der Waals surface area (Å²) in [5.74, 6) is -0.252. The molecule has 0 radical (unpaired) electrons. The van der Waals surface area contributed by atoms with E-state index < -0.39 is 5.92 Å². The van der Waals surface area contributed by atoms with Crippen LogP contribution >= 0.6 is 0 Å².